The predicted octanol–water partition coefficient (Wildman–Crippen LogP) is 15.5. The molecule has 0 saturated heterocycles. The lowest BCUT2D eigenvalue weighted by Gasteiger charge is -2.24. The lowest BCUT2D eigenvalue weighted by Crippen LogP contribution is -2.15. The summed E-state index contributed by atoms with van der Waals surface area (Å²) in [6.07, 6.45) is 0. The van der Waals surface area contributed by atoms with Gasteiger partial charge in [0.1, 0.15) is 5.82 Å². The fourth-order valence-corrected chi connectivity index (χ4v) is 10.2. The van der Waals surface area contributed by atoms with Crippen LogP contribution >= 0.6 is 0 Å². The van der Waals surface area contributed by atoms with Crippen molar-refractivity contribution in [2.45, 2.75) is 19.3 Å². The number of nitrogens with zero attached hydrogens (tertiary/aromatic N) is 2. The number of rotatable bonds is 5. The van der Waals surface area contributed by atoms with Crippen molar-refractivity contribution in [2.24, 2.45) is 0 Å². The van der Waals surface area contributed by atoms with E-state index in [1.54, 1.807) is 0 Å². The minimum atomic E-state index is -0.134. The molecule has 282 valence electrons. The van der Waals surface area contributed by atoms with E-state index in [9.17, 15) is 0 Å². The molecule has 0 radical (unpaired) electrons. The number of hydrogen-bond donors (Lipinski definition) is 0. The largest absolute Gasteiger partial charge is 0.292 e. The molecule has 60 heavy (non-hydrogen) atoms. The minimum Gasteiger partial charge on any atom is -0.292 e. The number of aromatic nitrogens is 2. The van der Waals surface area contributed by atoms with E-state index < -0.39 is 0 Å². The van der Waals surface area contributed by atoms with Crippen molar-refractivity contribution in [2.75, 3.05) is 0 Å². The van der Waals surface area contributed by atoms with Gasteiger partial charge in [-0.3, -0.25) is 4.57 Å². The van der Waals surface area contributed by atoms with Gasteiger partial charge in [-0.25, -0.2) is 4.98 Å². The average Bonchev–Trinajstić information content (AvgIpc) is 3.81. The van der Waals surface area contributed by atoms with Gasteiger partial charge in [-0.05, 0) is 124 Å². The van der Waals surface area contributed by atoms with E-state index >= 15 is 0 Å². The van der Waals surface area contributed by atoms with Crippen LogP contribution in [0.5, 0.6) is 0 Å². The van der Waals surface area contributed by atoms with Crippen LogP contribution in [-0.4, -0.2) is 9.55 Å². The van der Waals surface area contributed by atoms with Crippen LogP contribution in [0.1, 0.15) is 25.0 Å². The summed E-state index contributed by atoms with van der Waals surface area (Å²) >= 11 is 0. The monoisotopic (exact) mass is 764 g/mol. The summed E-state index contributed by atoms with van der Waals surface area (Å²) in [5.41, 5.74) is 17.0. The summed E-state index contributed by atoms with van der Waals surface area (Å²) in [4.78, 5) is 5.14. The number of para-hydroxylation sites is 3. The highest BCUT2D eigenvalue weighted by molar-refractivity contribution is 6.25. The van der Waals surface area contributed by atoms with Gasteiger partial charge in [0.15, 0.2) is 0 Å². The Balaban J connectivity index is 1.09. The van der Waals surface area contributed by atoms with E-state index in [4.69, 9.17) is 4.98 Å². The fraction of sp³-hybridized carbons (Fsp3) is 0.0517. The molecule has 0 unspecified atom stereocenters. The molecular formula is C58H40N2. The molecule has 2 heteroatoms. The van der Waals surface area contributed by atoms with Crippen molar-refractivity contribution in [1.82, 2.24) is 9.55 Å². The SMILES string of the molecule is CC1(C)c2ccccc2-c2c1cc(-c1c3ccccc3c(-c3ccccc3)c3cc(-c4ccc(-c5nc6ccccc6n5-c5ccccc5)cc4)ccc13)c1ccccc21. The van der Waals surface area contributed by atoms with Gasteiger partial charge in [-0.15, -0.1) is 0 Å². The molecule has 12 rings (SSSR count). The smallest absolute Gasteiger partial charge is 0.145 e. The summed E-state index contributed by atoms with van der Waals surface area (Å²) in [6.45, 7) is 4.78. The lowest BCUT2D eigenvalue weighted by molar-refractivity contribution is 0.661. The first-order chi connectivity index (χ1) is 29.5. The second-order valence-corrected chi connectivity index (χ2v) is 16.7. The van der Waals surface area contributed by atoms with Crippen LogP contribution in [-0.2, 0) is 5.41 Å². The fourth-order valence-electron chi connectivity index (χ4n) is 10.2. The first-order valence-corrected chi connectivity index (χ1v) is 20.9. The molecule has 11 aromatic rings. The van der Waals surface area contributed by atoms with Crippen LogP contribution in [0.15, 0.2) is 206 Å². The van der Waals surface area contributed by atoms with Gasteiger partial charge in [0.05, 0.1) is 11.0 Å². The Hall–Kier alpha value is -7.55. The second kappa shape index (κ2) is 13.2. The van der Waals surface area contributed by atoms with Crippen LogP contribution in [0, 0.1) is 0 Å². The quantitative estimate of drug-likeness (QED) is 0.160. The molecule has 0 aliphatic heterocycles. The maximum absolute atomic E-state index is 5.14. The maximum atomic E-state index is 5.14. The predicted molar refractivity (Wildman–Crippen MR) is 253 cm³/mol. The van der Waals surface area contributed by atoms with E-state index in [0.29, 0.717) is 0 Å². The first-order valence-electron chi connectivity index (χ1n) is 20.9. The maximum Gasteiger partial charge on any atom is 0.145 e. The number of fused-ring (bicyclic) bond motifs is 8. The molecule has 0 bridgehead atoms. The summed E-state index contributed by atoms with van der Waals surface area (Å²) in [5.74, 6) is 0.933. The van der Waals surface area contributed by atoms with Crippen LogP contribution in [0.3, 0.4) is 0 Å². The second-order valence-electron chi connectivity index (χ2n) is 16.7. The Morgan fingerprint density at radius 1 is 0.367 bits per heavy atom. The third kappa shape index (κ3) is 5.11. The molecule has 0 saturated carbocycles. The number of benzene rings is 10. The Morgan fingerprint density at radius 3 is 1.70 bits per heavy atom. The minimum absolute atomic E-state index is 0.134. The van der Waals surface area contributed by atoms with Crippen molar-refractivity contribution in [3.05, 3.63) is 217 Å². The first kappa shape index (κ1) is 34.5. The van der Waals surface area contributed by atoms with Crippen molar-refractivity contribution < 1.29 is 0 Å². The van der Waals surface area contributed by atoms with Gasteiger partial charge in [0.2, 0.25) is 0 Å². The topological polar surface area (TPSA) is 17.8 Å². The van der Waals surface area contributed by atoms with E-state index in [2.05, 4.69) is 225 Å². The molecule has 0 fully saturated rings. The van der Waals surface area contributed by atoms with Gasteiger partial charge in [-0.2, -0.15) is 0 Å². The van der Waals surface area contributed by atoms with Gasteiger partial charge >= 0.3 is 0 Å². The highest BCUT2D eigenvalue weighted by Crippen LogP contribution is 2.55. The summed E-state index contributed by atoms with van der Waals surface area (Å²) in [6, 6.07) is 75.5. The van der Waals surface area contributed by atoms with Gasteiger partial charge in [-0.1, -0.05) is 184 Å². The van der Waals surface area contributed by atoms with E-state index in [1.165, 1.54) is 88.0 Å². The van der Waals surface area contributed by atoms with Gasteiger partial charge in [0.25, 0.3) is 0 Å². The summed E-state index contributed by atoms with van der Waals surface area (Å²) in [7, 11) is 0. The lowest BCUT2D eigenvalue weighted by atomic mass is 9.78. The standard InChI is InChI=1S/C58H40N2/c1-58(2)50-26-14-13-25-47(50)56-43-22-10-9-21-42(43)49(36-51(56)58)55-45-24-12-11-23-44(45)54(38-17-5-3-6-18-38)48-35-40(33-34-46(48)55)37-29-31-39(32-30-37)57-59-52-27-15-16-28-53(52)60(57)41-19-7-4-8-20-41/h3-36H,1-2H3. The highest BCUT2D eigenvalue weighted by Gasteiger charge is 2.37. The van der Waals surface area contributed by atoms with E-state index in [1.807, 2.05) is 0 Å². The van der Waals surface area contributed by atoms with Crippen LogP contribution in [0.2, 0.25) is 0 Å². The molecule has 1 aliphatic carbocycles. The molecule has 10 aromatic carbocycles. The Labute approximate surface area is 349 Å². The summed E-state index contributed by atoms with van der Waals surface area (Å²) < 4.78 is 2.27. The third-order valence-electron chi connectivity index (χ3n) is 13.0. The van der Waals surface area contributed by atoms with Crippen molar-refractivity contribution in [1.29, 1.82) is 0 Å². The van der Waals surface area contributed by atoms with E-state index in [0.717, 1.165) is 28.1 Å². The molecule has 0 N–H and O–H groups in total. The normalized spacial score (nSPS) is 13.0. The van der Waals surface area contributed by atoms with Gasteiger partial charge in [0, 0.05) is 16.7 Å². The van der Waals surface area contributed by atoms with Gasteiger partial charge < -0.3 is 0 Å². The van der Waals surface area contributed by atoms with Crippen LogP contribution < -0.4 is 0 Å². The summed E-state index contributed by atoms with van der Waals surface area (Å²) in [5, 5.41) is 7.61. The molecule has 1 aromatic heterocycles. The Morgan fingerprint density at radius 2 is 0.933 bits per heavy atom. The van der Waals surface area contributed by atoms with Crippen LogP contribution in [0.25, 0.3) is 105 Å². The van der Waals surface area contributed by atoms with E-state index in [-0.39, 0.29) is 5.41 Å². The molecule has 0 atom stereocenters. The average molecular weight is 765 g/mol. The Kier molecular flexibility index (Phi) is 7.61. The molecule has 1 heterocycles. The zero-order valence-corrected chi connectivity index (χ0v) is 33.5. The zero-order valence-electron chi connectivity index (χ0n) is 33.5. The Bertz CT molecular complexity index is 3480. The van der Waals surface area contributed by atoms with Crippen LogP contribution in [0.4, 0.5) is 0 Å². The number of imidazole rings is 1. The zero-order chi connectivity index (χ0) is 40.0. The van der Waals surface area contributed by atoms with Crippen molar-refractivity contribution in [3.63, 3.8) is 0 Å². The molecule has 2 nitrogen and oxygen atoms in total. The molecule has 0 amide bonds. The third-order valence-corrected chi connectivity index (χ3v) is 13.0. The van der Waals surface area contributed by atoms with Crippen molar-refractivity contribution in [3.8, 4) is 61.6 Å². The number of hydrogen-bond acceptors (Lipinski definition) is 1. The van der Waals surface area contributed by atoms with Crippen molar-refractivity contribution >= 4 is 43.4 Å². The molecule has 0 spiro atoms. The highest BCUT2D eigenvalue weighted by atomic mass is 15.1. The molecule has 1 aliphatic rings. The molecular weight excluding hydrogens is 725 g/mol.